The molecule has 0 aromatic heterocycles. The molecule has 1 aliphatic rings. The Morgan fingerprint density at radius 1 is 0.711 bits per heavy atom. The van der Waals surface area contributed by atoms with Crippen LogP contribution < -0.4 is 4.74 Å². The Morgan fingerprint density at radius 2 is 1.37 bits per heavy atom. The first kappa shape index (κ1) is 28.0. The fraction of sp³-hybridized carbons (Fsp3) is 0.400. The number of hydrogen-bond acceptors (Lipinski definition) is 2. The molecule has 0 amide bonds. The van der Waals surface area contributed by atoms with Gasteiger partial charge in [0.2, 0.25) is 5.82 Å². The summed E-state index contributed by atoms with van der Waals surface area (Å²) in [5.74, 6) is -7.25. The maximum Gasteiger partial charge on any atom is 0.201 e. The second-order valence-corrected chi connectivity index (χ2v) is 9.73. The third-order valence-corrected chi connectivity index (χ3v) is 7.15. The predicted molar refractivity (Wildman–Crippen MR) is 133 cm³/mol. The van der Waals surface area contributed by atoms with E-state index in [1.807, 2.05) is 6.92 Å². The van der Waals surface area contributed by atoms with Gasteiger partial charge in [-0.05, 0) is 68.2 Å². The van der Waals surface area contributed by atoms with Crippen LogP contribution in [0.25, 0.3) is 11.1 Å². The van der Waals surface area contributed by atoms with Crippen LogP contribution in [0.4, 0.5) is 26.3 Å². The van der Waals surface area contributed by atoms with Crippen molar-refractivity contribution >= 4 is 0 Å². The lowest BCUT2D eigenvalue weighted by Crippen LogP contribution is -2.21. The van der Waals surface area contributed by atoms with Crippen LogP contribution in [0.5, 0.6) is 5.75 Å². The molecule has 1 aliphatic carbocycles. The molecule has 0 spiro atoms. The van der Waals surface area contributed by atoms with Crippen molar-refractivity contribution in [3.05, 3.63) is 88.0 Å². The number of rotatable bonds is 9. The quantitative estimate of drug-likeness (QED) is 0.201. The molecule has 3 aromatic rings. The van der Waals surface area contributed by atoms with Crippen LogP contribution in [0.2, 0.25) is 0 Å². The summed E-state index contributed by atoms with van der Waals surface area (Å²) < 4.78 is 98.2. The van der Waals surface area contributed by atoms with Crippen LogP contribution >= 0.6 is 0 Å². The van der Waals surface area contributed by atoms with Gasteiger partial charge in [0.1, 0.15) is 0 Å². The van der Waals surface area contributed by atoms with E-state index in [-0.39, 0.29) is 58.8 Å². The predicted octanol–water partition coefficient (Wildman–Crippen LogP) is 8.92. The Balaban J connectivity index is 1.42. The second-order valence-electron chi connectivity index (χ2n) is 9.73. The lowest BCUT2D eigenvalue weighted by molar-refractivity contribution is 0.0116. The summed E-state index contributed by atoms with van der Waals surface area (Å²) in [7, 11) is 0. The molecule has 8 heteroatoms. The van der Waals surface area contributed by atoms with Crippen LogP contribution in [0, 0.1) is 41.8 Å². The van der Waals surface area contributed by atoms with Gasteiger partial charge in [0.15, 0.2) is 34.8 Å². The highest BCUT2D eigenvalue weighted by atomic mass is 19.2. The average molecular weight is 537 g/mol. The molecule has 0 bridgehead atoms. The Kier molecular flexibility index (Phi) is 9.03. The topological polar surface area (TPSA) is 18.5 Å². The van der Waals surface area contributed by atoms with Gasteiger partial charge in [-0.1, -0.05) is 37.6 Å². The number of benzene rings is 3. The third-order valence-electron chi connectivity index (χ3n) is 7.15. The minimum Gasteiger partial charge on any atom is -0.490 e. The molecule has 0 aliphatic heterocycles. The van der Waals surface area contributed by atoms with E-state index in [0.717, 1.165) is 6.42 Å². The molecule has 1 fully saturated rings. The first-order valence-corrected chi connectivity index (χ1v) is 12.9. The van der Waals surface area contributed by atoms with Crippen molar-refractivity contribution < 1.29 is 35.8 Å². The van der Waals surface area contributed by atoms with Crippen molar-refractivity contribution in [3.8, 4) is 16.9 Å². The van der Waals surface area contributed by atoms with E-state index >= 15 is 8.78 Å². The van der Waals surface area contributed by atoms with Crippen LogP contribution in [0.15, 0.2) is 36.4 Å². The highest BCUT2D eigenvalue weighted by Gasteiger charge is 2.28. The van der Waals surface area contributed by atoms with Crippen LogP contribution in [-0.4, -0.2) is 12.7 Å². The SMILES string of the molecule is CCCCOc1ccc(-c2ccc(C3CCC(OCc4ccc(C)c(F)c4F)CC3)c(F)c2F)c(F)c1F. The Morgan fingerprint density at radius 3 is 2.05 bits per heavy atom. The van der Waals surface area contributed by atoms with Gasteiger partial charge in [-0.25, -0.2) is 22.0 Å². The Labute approximate surface area is 218 Å². The summed E-state index contributed by atoms with van der Waals surface area (Å²) in [6.45, 7) is 3.55. The molecule has 4 rings (SSSR count). The molecule has 204 valence electrons. The van der Waals surface area contributed by atoms with E-state index in [0.29, 0.717) is 32.1 Å². The molecule has 0 unspecified atom stereocenters. The van der Waals surface area contributed by atoms with Crippen molar-refractivity contribution in [2.45, 2.75) is 71.0 Å². The molecule has 0 N–H and O–H groups in total. The van der Waals surface area contributed by atoms with E-state index in [1.54, 1.807) is 0 Å². The third kappa shape index (κ3) is 5.85. The lowest BCUT2D eigenvalue weighted by Gasteiger charge is -2.29. The van der Waals surface area contributed by atoms with Crippen LogP contribution in [0.3, 0.4) is 0 Å². The maximum atomic E-state index is 15.1. The summed E-state index contributed by atoms with van der Waals surface area (Å²) in [5.41, 5.74) is -0.245. The molecular weight excluding hydrogens is 506 g/mol. The van der Waals surface area contributed by atoms with Gasteiger partial charge in [0.05, 0.1) is 19.3 Å². The van der Waals surface area contributed by atoms with Crippen molar-refractivity contribution in [2.24, 2.45) is 0 Å². The molecule has 0 saturated heterocycles. The smallest absolute Gasteiger partial charge is 0.201 e. The summed E-state index contributed by atoms with van der Waals surface area (Å²) in [6.07, 6.45) is 3.32. The second kappa shape index (κ2) is 12.2. The molecule has 0 radical (unpaired) electrons. The van der Waals surface area contributed by atoms with Crippen LogP contribution in [0.1, 0.15) is 68.1 Å². The van der Waals surface area contributed by atoms with Gasteiger partial charge in [0, 0.05) is 16.7 Å². The van der Waals surface area contributed by atoms with Gasteiger partial charge in [-0.3, -0.25) is 0 Å². The number of halogens is 6. The van der Waals surface area contributed by atoms with Gasteiger partial charge in [0.25, 0.3) is 0 Å². The Hall–Kier alpha value is -3.00. The minimum atomic E-state index is -1.30. The van der Waals surface area contributed by atoms with E-state index in [1.165, 1.54) is 43.3 Å². The average Bonchev–Trinajstić information content (AvgIpc) is 2.92. The van der Waals surface area contributed by atoms with E-state index in [2.05, 4.69) is 0 Å². The maximum absolute atomic E-state index is 15.1. The molecule has 0 heterocycles. The van der Waals surface area contributed by atoms with Gasteiger partial charge < -0.3 is 9.47 Å². The molecule has 38 heavy (non-hydrogen) atoms. The Bertz CT molecular complexity index is 1280. The summed E-state index contributed by atoms with van der Waals surface area (Å²) in [5, 5.41) is 0. The standard InChI is InChI=1S/C30H30F6O2/c1-3-4-15-37-24-14-13-23(29(35)30(24)36)22-12-11-21(27(33)28(22)34)18-7-9-20(10-8-18)38-16-19-6-5-17(2)25(31)26(19)32/h5-6,11-14,18,20H,3-4,7-10,15-16H2,1-2H3. The van der Waals surface area contributed by atoms with E-state index in [9.17, 15) is 17.6 Å². The lowest BCUT2D eigenvalue weighted by atomic mass is 9.82. The molecule has 2 nitrogen and oxygen atoms in total. The summed E-state index contributed by atoms with van der Waals surface area (Å²) in [4.78, 5) is 0. The van der Waals surface area contributed by atoms with Crippen molar-refractivity contribution in [1.82, 2.24) is 0 Å². The number of aryl methyl sites for hydroxylation is 1. The molecular formula is C30H30F6O2. The highest BCUT2D eigenvalue weighted by molar-refractivity contribution is 5.66. The molecule has 3 aromatic carbocycles. The van der Waals surface area contributed by atoms with Crippen molar-refractivity contribution in [2.75, 3.05) is 6.61 Å². The first-order chi connectivity index (χ1) is 18.2. The number of ether oxygens (including phenoxy) is 2. The highest BCUT2D eigenvalue weighted by Crippen LogP contribution is 2.39. The zero-order valence-electron chi connectivity index (χ0n) is 21.4. The molecule has 0 atom stereocenters. The first-order valence-electron chi connectivity index (χ1n) is 12.9. The monoisotopic (exact) mass is 536 g/mol. The molecule has 1 saturated carbocycles. The summed E-state index contributed by atoms with van der Waals surface area (Å²) >= 11 is 0. The fourth-order valence-electron chi connectivity index (χ4n) is 4.81. The van der Waals surface area contributed by atoms with Crippen molar-refractivity contribution in [3.63, 3.8) is 0 Å². The van der Waals surface area contributed by atoms with E-state index in [4.69, 9.17) is 9.47 Å². The van der Waals surface area contributed by atoms with Gasteiger partial charge in [-0.2, -0.15) is 4.39 Å². The van der Waals surface area contributed by atoms with E-state index < -0.39 is 34.9 Å². The number of hydrogen-bond donors (Lipinski definition) is 0. The zero-order chi connectivity index (χ0) is 27.4. The summed E-state index contributed by atoms with van der Waals surface area (Å²) in [6, 6.07) is 8.05. The van der Waals surface area contributed by atoms with Crippen molar-refractivity contribution in [1.29, 1.82) is 0 Å². The zero-order valence-corrected chi connectivity index (χ0v) is 21.4. The van der Waals surface area contributed by atoms with Crippen LogP contribution in [-0.2, 0) is 11.3 Å². The fourth-order valence-corrected chi connectivity index (χ4v) is 4.81. The van der Waals surface area contributed by atoms with Gasteiger partial charge >= 0.3 is 0 Å². The normalized spacial score (nSPS) is 17.6. The minimum absolute atomic E-state index is 0.0827. The number of unbranched alkanes of at least 4 members (excludes halogenated alkanes) is 1. The largest absolute Gasteiger partial charge is 0.490 e. The van der Waals surface area contributed by atoms with Gasteiger partial charge in [-0.15, -0.1) is 0 Å².